The fraction of sp³-hybridized carbons (Fsp3) is 0.250. The highest BCUT2D eigenvalue weighted by Gasteiger charge is 2.33. The first-order valence-corrected chi connectivity index (χ1v) is 7.53. The molecule has 0 spiro atoms. The van der Waals surface area contributed by atoms with Gasteiger partial charge in [-0.05, 0) is 24.3 Å². The maximum Gasteiger partial charge on any atom is 0.406 e. The van der Waals surface area contributed by atoms with Crippen LogP contribution in [0.3, 0.4) is 0 Å². The summed E-state index contributed by atoms with van der Waals surface area (Å²) < 4.78 is 44.1. The van der Waals surface area contributed by atoms with E-state index in [-0.39, 0.29) is 17.7 Å². The van der Waals surface area contributed by atoms with Crippen molar-refractivity contribution in [2.45, 2.75) is 19.3 Å². The van der Waals surface area contributed by atoms with Crippen molar-refractivity contribution in [1.82, 2.24) is 19.9 Å². The Labute approximate surface area is 144 Å². The van der Waals surface area contributed by atoms with Crippen molar-refractivity contribution in [3.05, 3.63) is 58.8 Å². The molecule has 0 aliphatic carbocycles. The van der Waals surface area contributed by atoms with Gasteiger partial charge in [0.15, 0.2) is 0 Å². The Morgan fingerprint density at radius 2 is 1.96 bits per heavy atom. The SMILES string of the molecule is O=C(Cn1nnc2ccccc2c1=O)N(Cc1ccco1)CC(F)(F)F. The van der Waals surface area contributed by atoms with Crippen LogP contribution in [0.1, 0.15) is 5.76 Å². The van der Waals surface area contributed by atoms with Crippen molar-refractivity contribution >= 4 is 16.8 Å². The molecular formula is C16H13F3N4O3. The predicted molar refractivity (Wildman–Crippen MR) is 84.0 cm³/mol. The summed E-state index contributed by atoms with van der Waals surface area (Å²) in [5.74, 6) is -0.732. The van der Waals surface area contributed by atoms with Gasteiger partial charge in [-0.15, -0.1) is 5.10 Å². The van der Waals surface area contributed by atoms with Gasteiger partial charge in [0.2, 0.25) is 5.91 Å². The lowest BCUT2D eigenvalue weighted by Gasteiger charge is -2.23. The van der Waals surface area contributed by atoms with Gasteiger partial charge in [-0.2, -0.15) is 13.2 Å². The third kappa shape index (κ3) is 4.08. The predicted octanol–water partition coefficient (Wildman–Crippen LogP) is 1.98. The molecule has 26 heavy (non-hydrogen) atoms. The van der Waals surface area contributed by atoms with Gasteiger partial charge in [-0.3, -0.25) is 9.59 Å². The maximum atomic E-state index is 12.8. The Bertz CT molecular complexity index is 967. The number of carbonyl (C=O) groups excluding carboxylic acids is 1. The molecule has 0 N–H and O–H groups in total. The summed E-state index contributed by atoms with van der Waals surface area (Å²) in [4.78, 5) is 25.3. The first-order chi connectivity index (χ1) is 12.3. The van der Waals surface area contributed by atoms with Crippen molar-refractivity contribution in [2.24, 2.45) is 0 Å². The third-order valence-electron chi connectivity index (χ3n) is 3.56. The minimum absolute atomic E-state index is 0.194. The molecular weight excluding hydrogens is 353 g/mol. The molecule has 3 rings (SSSR count). The van der Waals surface area contributed by atoms with Gasteiger partial charge >= 0.3 is 6.18 Å². The Morgan fingerprint density at radius 3 is 2.65 bits per heavy atom. The summed E-state index contributed by atoms with van der Waals surface area (Å²) in [5, 5.41) is 7.66. The van der Waals surface area contributed by atoms with Crippen LogP contribution in [0.4, 0.5) is 13.2 Å². The summed E-state index contributed by atoms with van der Waals surface area (Å²) in [6.45, 7) is -2.50. The molecule has 0 radical (unpaired) electrons. The molecule has 136 valence electrons. The fourth-order valence-electron chi connectivity index (χ4n) is 2.39. The lowest BCUT2D eigenvalue weighted by molar-refractivity contribution is -0.163. The van der Waals surface area contributed by atoms with Gasteiger partial charge < -0.3 is 9.32 Å². The van der Waals surface area contributed by atoms with E-state index in [1.54, 1.807) is 18.2 Å². The highest BCUT2D eigenvalue weighted by molar-refractivity contribution is 5.78. The first kappa shape index (κ1) is 17.6. The van der Waals surface area contributed by atoms with Crippen LogP contribution in [-0.4, -0.2) is 38.5 Å². The van der Waals surface area contributed by atoms with E-state index in [0.29, 0.717) is 10.4 Å². The minimum atomic E-state index is -4.59. The van der Waals surface area contributed by atoms with Crippen molar-refractivity contribution in [2.75, 3.05) is 6.54 Å². The van der Waals surface area contributed by atoms with Crippen LogP contribution < -0.4 is 5.56 Å². The monoisotopic (exact) mass is 366 g/mol. The average Bonchev–Trinajstić information content (AvgIpc) is 3.09. The summed E-state index contributed by atoms with van der Waals surface area (Å²) in [6.07, 6.45) is -3.30. The number of halogens is 3. The number of carbonyl (C=O) groups is 1. The standard InChI is InChI=1S/C16H13F3N4O3/c17-16(18,19)10-22(8-11-4-3-7-26-11)14(24)9-23-15(25)12-5-1-2-6-13(12)20-21-23/h1-7H,8-10H2. The molecule has 0 fully saturated rings. The second-order valence-electron chi connectivity index (χ2n) is 5.51. The summed E-state index contributed by atoms with van der Waals surface area (Å²) in [7, 11) is 0. The smallest absolute Gasteiger partial charge is 0.406 e. The third-order valence-corrected chi connectivity index (χ3v) is 3.56. The molecule has 0 unspecified atom stereocenters. The van der Waals surface area contributed by atoms with Crippen molar-refractivity contribution in [1.29, 1.82) is 0 Å². The Hall–Kier alpha value is -3.17. The molecule has 0 saturated heterocycles. The van der Waals surface area contributed by atoms with Crippen molar-refractivity contribution in [3.63, 3.8) is 0 Å². The van der Waals surface area contributed by atoms with Crippen LogP contribution in [-0.2, 0) is 17.9 Å². The van der Waals surface area contributed by atoms with E-state index in [4.69, 9.17) is 4.42 Å². The van der Waals surface area contributed by atoms with E-state index in [9.17, 15) is 22.8 Å². The highest BCUT2D eigenvalue weighted by atomic mass is 19.4. The topological polar surface area (TPSA) is 81.2 Å². The van der Waals surface area contributed by atoms with E-state index in [0.717, 1.165) is 4.68 Å². The first-order valence-electron chi connectivity index (χ1n) is 7.53. The summed E-state index contributed by atoms with van der Waals surface area (Å²) in [6, 6.07) is 9.32. The minimum Gasteiger partial charge on any atom is -0.467 e. The maximum absolute atomic E-state index is 12.8. The van der Waals surface area contributed by atoms with Crippen LogP contribution >= 0.6 is 0 Å². The molecule has 2 heterocycles. The number of hydrogen-bond donors (Lipinski definition) is 0. The molecule has 0 aliphatic rings. The quantitative estimate of drug-likeness (QED) is 0.690. The van der Waals surface area contributed by atoms with E-state index < -0.39 is 30.7 Å². The normalized spacial score (nSPS) is 11.7. The molecule has 1 amide bonds. The van der Waals surface area contributed by atoms with E-state index in [1.165, 1.54) is 24.5 Å². The number of furan rings is 1. The Balaban J connectivity index is 1.85. The van der Waals surface area contributed by atoms with Gasteiger partial charge in [0.25, 0.3) is 5.56 Å². The fourth-order valence-corrected chi connectivity index (χ4v) is 2.39. The van der Waals surface area contributed by atoms with Crippen LogP contribution in [0.5, 0.6) is 0 Å². The number of hydrogen-bond acceptors (Lipinski definition) is 5. The summed E-state index contributed by atoms with van der Waals surface area (Å²) in [5.41, 5.74) is -0.266. The number of benzene rings is 1. The largest absolute Gasteiger partial charge is 0.467 e. The van der Waals surface area contributed by atoms with Crippen molar-refractivity contribution < 1.29 is 22.4 Å². The van der Waals surface area contributed by atoms with Gasteiger partial charge in [0.1, 0.15) is 24.4 Å². The number of alkyl halides is 3. The molecule has 7 nitrogen and oxygen atoms in total. The number of amides is 1. The molecule has 1 aromatic carbocycles. The number of nitrogens with zero attached hydrogens (tertiary/aromatic N) is 4. The molecule has 0 saturated carbocycles. The zero-order valence-electron chi connectivity index (χ0n) is 13.3. The van der Waals surface area contributed by atoms with Crippen LogP contribution in [0.2, 0.25) is 0 Å². The molecule has 3 aromatic rings. The lowest BCUT2D eigenvalue weighted by atomic mass is 10.2. The molecule has 0 atom stereocenters. The number of rotatable bonds is 5. The molecule has 10 heteroatoms. The highest BCUT2D eigenvalue weighted by Crippen LogP contribution is 2.18. The molecule has 0 bridgehead atoms. The zero-order valence-corrected chi connectivity index (χ0v) is 13.3. The Kier molecular flexibility index (Phi) is 4.74. The van der Waals surface area contributed by atoms with Gasteiger partial charge in [-0.1, -0.05) is 17.3 Å². The number of fused-ring (bicyclic) bond motifs is 1. The van der Waals surface area contributed by atoms with Crippen LogP contribution in [0.15, 0.2) is 51.9 Å². The van der Waals surface area contributed by atoms with Crippen molar-refractivity contribution in [3.8, 4) is 0 Å². The van der Waals surface area contributed by atoms with Gasteiger partial charge in [0, 0.05) is 0 Å². The summed E-state index contributed by atoms with van der Waals surface area (Å²) >= 11 is 0. The lowest BCUT2D eigenvalue weighted by Crippen LogP contribution is -2.42. The van der Waals surface area contributed by atoms with Crippen LogP contribution in [0.25, 0.3) is 10.9 Å². The zero-order chi connectivity index (χ0) is 18.7. The van der Waals surface area contributed by atoms with E-state index in [1.807, 2.05) is 0 Å². The second-order valence-corrected chi connectivity index (χ2v) is 5.51. The van der Waals surface area contributed by atoms with Crippen LogP contribution in [0, 0.1) is 0 Å². The van der Waals surface area contributed by atoms with Gasteiger partial charge in [-0.25, -0.2) is 4.68 Å². The average molecular weight is 366 g/mol. The van der Waals surface area contributed by atoms with E-state index >= 15 is 0 Å². The molecule has 2 aromatic heterocycles. The second kappa shape index (κ2) is 6.98. The van der Waals surface area contributed by atoms with E-state index in [2.05, 4.69) is 10.3 Å². The van der Waals surface area contributed by atoms with Gasteiger partial charge in [0.05, 0.1) is 18.2 Å². The Morgan fingerprint density at radius 1 is 1.19 bits per heavy atom. The molecule has 0 aliphatic heterocycles. The number of aromatic nitrogens is 3.